The summed E-state index contributed by atoms with van der Waals surface area (Å²) in [4.78, 5) is 25.1. The zero-order valence-corrected chi connectivity index (χ0v) is 17.7. The summed E-state index contributed by atoms with van der Waals surface area (Å²) in [6, 6.07) is 17.9. The Bertz CT molecular complexity index is 983. The maximum atomic E-state index is 12.8. The van der Waals surface area contributed by atoms with Crippen molar-refractivity contribution in [1.29, 1.82) is 0 Å². The minimum Gasteiger partial charge on any atom is -0.459 e. The van der Waals surface area contributed by atoms with Crippen molar-refractivity contribution in [2.45, 2.75) is 0 Å². The van der Waals surface area contributed by atoms with Crippen molar-refractivity contribution in [3.8, 4) is 0 Å². The number of carbonyl (C=O) groups excluding carboxylic acids is 2. The molecular weight excluding hydrogens is 523 g/mol. The summed E-state index contributed by atoms with van der Waals surface area (Å²) in [5.41, 5.74) is 1.50. The lowest BCUT2D eigenvalue weighted by atomic mass is 10.2. The first-order chi connectivity index (χ1) is 13.0. The number of furan rings is 1. The molecule has 1 aromatic heterocycles. The molecule has 0 spiro atoms. The highest BCUT2D eigenvalue weighted by Crippen LogP contribution is 2.16. The molecule has 0 aliphatic carbocycles. The minimum absolute atomic E-state index is 0.105. The van der Waals surface area contributed by atoms with Crippen LogP contribution in [-0.4, -0.2) is 11.8 Å². The Balaban J connectivity index is 1.87. The van der Waals surface area contributed by atoms with Gasteiger partial charge in [0, 0.05) is 13.7 Å². The van der Waals surface area contributed by atoms with Crippen molar-refractivity contribution in [2.75, 3.05) is 5.32 Å². The second kappa shape index (κ2) is 9.01. The highest BCUT2D eigenvalue weighted by molar-refractivity contribution is 14.1. The SMILES string of the molecule is O=C(Nc1ccc(I)cc1)/C(=C/c1cccc(Br)c1)NC(=O)c1ccco1. The Morgan fingerprint density at radius 1 is 1.04 bits per heavy atom. The van der Waals surface area contributed by atoms with E-state index in [9.17, 15) is 9.59 Å². The van der Waals surface area contributed by atoms with Gasteiger partial charge in [0.15, 0.2) is 5.76 Å². The molecule has 136 valence electrons. The van der Waals surface area contributed by atoms with Gasteiger partial charge < -0.3 is 15.1 Å². The number of hydrogen-bond donors (Lipinski definition) is 2. The molecule has 7 heteroatoms. The van der Waals surface area contributed by atoms with E-state index in [4.69, 9.17) is 4.42 Å². The molecule has 5 nitrogen and oxygen atoms in total. The van der Waals surface area contributed by atoms with Crippen LogP contribution in [0.25, 0.3) is 6.08 Å². The summed E-state index contributed by atoms with van der Waals surface area (Å²) in [5.74, 6) is -0.813. The van der Waals surface area contributed by atoms with E-state index >= 15 is 0 Å². The van der Waals surface area contributed by atoms with Crippen LogP contribution in [0.4, 0.5) is 5.69 Å². The smallest absolute Gasteiger partial charge is 0.291 e. The molecule has 0 atom stereocenters. The highest BCUT2D eigenvalue weighted by Gasteiger charge is 2.16. The van der Waals surface area contributed by atoms with Gasteiger partial charge in [-0.3, -0.25) is 9.59 Å². The highest BCUT2D eigenvalue weighted by atomic mass is 127. The van der Waals surface area contributed by atoms with Crippen molar-refractivity contribution in [2.24, 2.45) is 0 Å². The maximum absolute atomic E-state index is 12.8. The van der Waals surface area contributed by atoms with Crippen LogP contribution in [0.1, 0.15) is 16.1 Å². The van der Waals surface area contributed by atoms with E-state index in [-0.39, 0.29) is 11.5 Å². The Morgan fingerprint density at radius 2 is 1.81 bits per heavy atom. The lowest BCUT2D eigenvalue weighted by molar-refractivity contribution is -0.113. The molecule has 0 fully saturated rings. The Kier molecular flexibility index (Phi) is 6.46. The number of hydrogen-bond acceptors (Lipinski definition) is 3. The van der Waals surface area contributed by atoms with Crippen molar-refractivity contribution in [3.05, 3.63) is 92.0 Å². The monoisotopic (exact) mass is 536 g/mol. The standard InChI is InChI=1S/C20H14BrIN2O3/c21-14-4-1-3-13(11-14)12-17(24-20(26)18-5-2-10-27-18)19(25)23-16-8-6-15(22)7-9-16/h1-12H,(H,23,25)(H,24,26)/b17-12-. The zero-order valence-electron chi connectivity index (χ0n) is 13.9. The van der Waals surface area contributed by atoms with E-state index in [2.05, 4.69) is 49.2 Å². The van der Waals surface area contributed by atoms with Crippen molar-refractivity contribution >= 4 is 62.1 Å². The number of anilines is 1. The summed E-state index contributed by atoms with van der Waals surface area (Å²) in [7, 11) is 0. The molecule has 2 N–H and O–H groups in total. The average Bonchev–Trinajstić information content (AvgIpc) is 3.18. The van der Waals surface area contributed by atoms with Gasteiger partial charge >= 0.3 is 0 Å². The van der Waals surface area contributed by atoms with E-state index in [0.29, 0.717) is 5.69 Å². The molecule has 0 aliphatic heterocycles. The fourth-order valence-corrected chi connectivity index (χ4v) is 3.02. The number of halogens is 2. The fraction of sp³-hybridized carbons (Fsp3) is 0. The van der Waals surface area contributed by atoms with Crippen molar-refractivity contribution in [1.82, 2.24) is 5.32 Å². The quantitative estimate of drug-likeness (QED) is 0.354. The van der Waals surface area contributed by atoms with E-state index in [0.717, 1.165) is 13.6 Å². The second-order valence-corrected chi connectivity index (χ2v) is 7.67. The lowest BCUT2D eigenvalue weighted by Gasteiger charge is -2.11. The first-order valence-corrected chi connectivity index (χ1v) is 9.77. The van der Waals surface area contributed by atoms with Gasteiger partial charge in [-0.1, -0.05) is 28.1 Å². The molecular formula is C20H14BrIN2O3. The predicted octanol–water partition coefficient (Wildman–Crippen LogP) is 5.06. The van der Waals surface area contributed by atoms with Crippen LogP contribution < -0.4 is 10.6 Å². The van der Waals surface area contributed by atoms with Crippen LogP contribution in [-0.2, 0) is 4.79 Å². The van der Waals surface area contributed by atoms with Gasteiger partial charge in [-0.15, -0.1) is 0 Å². The van der Waals surface area contributed by atoms with E-state index < -0.39 is 11.8 Å². The van der Waals surface area contributed by atoms with Gasteiger partial charge in [-0.2, -0.15) is 0 Å². The summed E-state index contributed by atoms with van der Waals surface area (Å²) >= 11 is 5.59. The minimum atomic E-state index is -0.501. The molecule has 3 aromatic rings. The van der Waals surface area contributed by atoms with Gasteiger partial charge in [0.1, 0.15) is 5.70 Å². The van der Waals surface area contributed by atoms with Gasteiger partial charge in [-0.05, 0) is 82.8 Å². The average molecular weight is 537 g/mol. The van der Waals surface area contributed by atoms with Crippen molar-refractivity contribution < 1.29 is 14.0 Å². The normalized spacial score (nSPS) is 11.1. The summed E-state index contributed by atoms with van der Waals surface area (Å²) in [6.45, 7) is 0. The number of benzene rings is 2. The molecule has 0 unspecified atom stereocenters. The van der Waals surface area contributed by atoms with Crippen LogP contribution in [0.15, 0.2) is 81.5 Å². The molecule has 0 saturated heterocycles. The van der Waals surface area contributed by atoms with Crippen LogP contribution in [0, 0.1) is 3.57 Å². The van der Waals surface area contributed by atoms with Gasteiger partial charge in [-0.25, -0.2) is 0 Å². The van der Waals surface area contributed by atoms with Gasteiger partial charge in [0.25, 0.3) is 11.8 Å². The number of carbonyl (C=O) groups is 2. The van der Waals surface area contributed by atoms with Gasteiger partial charge in [0.05, 0.1) is 6.26 Å². The number of rotatable bonds is 5. The predicted molar refractivity (Wildman–Crippen MR) is 116 cm³/mol. The van der Waals surface area contributed by atoms with Crippen LogP contribution >= 0.6 is 38.5 Å². The van der Waals surface area contributed by atoms with E-state index in [1.54, 1.807) is 24.3 Å². The van der Waals surface area contributed by atoms with Crippen molar-refractivity contribution in [3.63, 3.8) is 0 Å². The third-order valence-corrected chi connectivity index (χ3v) is 4.71. The molecule has 0 saturated carbocycles. The van der Waals surface area contributed by atoms with Crippen LogP contribution in [0.5, 0.6) is 0 Å². The fourth-order valence-electron chi connectivity index (χ4n) is 2.24. The molecule has 0 aliphatic rings. The topological polar surface area (TPSA) is 71.3 Å². The third-order valence-electron chi connectivity index (χ3n) is 3.50. The van der Waals surface area contributed by atoms with Crippen LogP contribution in [0.3, 0.4) is 0 Å². The Hall–Kier alpha value is -2.39. The third kappa shape index (κ3) is 5.54. The summed E-state index contributed by atoms with van der Waals surface area (Å²) < 4.78 is 7.02. The molecule has 0 radical (unpaired) electrons. The maximum Gasteiger partial charge on any atom is 0.291 e. The molecule has 0 bridgehead atoms. The second-order valence-electron chi connectivity index (χ2n) is 5.51. The summed E-state index contributed by atoms with van der Waals surface area (Å²) in [6.07, 6.45) is 3.01. The lowest BCUT2D eigenvalue weighted by Crippen LogP contribution is -2.30. The van der Waals surface area contributed by atoms with E-state index in [1.807, 2.05) is 36.4 Å². The molecule has 2 aromatic carbocycles. The molecule has 2 amide bonds. The van der Waals surface area contributed by atoms with E-state index in [1.165, 1.54) is 12.3 Å². The molecule has 27 heavy (non-hydrogen) atoms. The molecule has 1 heterocycles. The number of amides is 2. The zero-order chi connectivity index (χ0) is 19.2. The Morgan fingerprint density at radius 3 is 2.48 bits per heavy atom. The largest absolute Gasteiger partial charge is 0.459 e. The first-order valence-electron chi connectivity index (χ1n) is 7.90. The Labute approximate surface area is 178 Å². The van der Waals surface area contributed by atoms with Gasteiger partial charge in [0.2, 0.25) is 0 Å². The first kappa shape index (κ1) is 19.4. The molecule has 3 rings (SSSR count). The van der Waals surface area contributed by atoms with Crippen LogP contribution in [0.2, 0.25) is 0 Å². The summed E-state index contributed by atoms with van der Waals surface area (Å²) in [5, 5.41) is 5.41. The number of nitrogens with one attached hydrogen (secondary N) is 2.